The number of rotatable bonds is 6. The van der Waals surface area contributed by atoms with Crippen LogP contribution < -0.4 is 11.1 Å². The number of para-hydroxylation sites is 1. The van der Waals surface area contributed by atoms with E-state index in [9.17, 15) is 9.59 Å². The van der Waals surface area contributed by atoms with E-state index in [-0.39, 0.29) is 24.3 Å². The maximum absolute atomic E-state index is 12.6. The third kappa shape index (κ3) is 4.76. The molecule has 0 radical (unpaired) electrons. The summed E-state index contributed by atoms with van der Waals surface area (Å²) in [5, 5.41) is 3.82. The van der Waals surface area contributed by atoms with Gasteiger partial charge in [-0.25, -0.2) is 9.78 Å². The van der Waals surface area contributed by atoms with Crippen LogP contribution in [0.25, 0.3) is 17.0 Å². The molecule has 0 unspecified atom stereocenters. The fraction of sp³-hybridized carbons (Fsp3) is 0.261. The highest BCUT2D eigenvalue weighted by Gasteiger charge is 2.22. The minimum Gasteiger partial charge on any atom is -0.459 e. The summed E-state index contributed by atoms with van der Waals surface area (Å²) >= 11 is 0. The van der Waals surface area contributed by atoms with E-state index in [0.717, 1.165) is 33.4 Å². The van der Waals surface area contributed by atoms with Gasteiger partial charge in [0.15, 0.2) is 0 Å². The predicted molar refractivity (Wildman–Crippen MR) is 126 cm³/mol. The lowest BCUT2D eigenvalue weighted by Crippen LogP contribution is -2.41. The number of urea groups is 1. The van der Waals surface area contributed by atoms with E-state index in [1.54, 1.807) is 29.1 Å². The zero-order chi connectivity index (χ0) is 22.0. The summed E-state index contributed by atoms with van der Waals surface area (Å²) in [6.07, 6.45) is 4.87. The van der Waals surface area contributed by atoms with Crippen molar-refractivity contribution in [3.8, 4) is 0 Å². The molecular formula is C23H26ClN5O3. The van der Waals surface area contributed by atoms with Gasteiger partial charge < -0.3 is 20.0 Å². The van der Waals surface area contributed by atoms with E-state index in [1.165, 1.54) is 6.08 Å². The average Bonchev–Trinajstić information content (AvgIpc) is 3.08. The van der Waals surface area contributed by atoms with E-state index in [4.69, 9.17) is 10.2 Å². The Morgan fingerprint density at radius 3 is 2.91 bits per heavy atom. The highest BCUT2D eigenvalue weighted by atomic mass is 35.5. The largest absolute Gasteiger partial charge is 0.459 e. The van der Waals surface area contributed by atoms with Crippen molar-refractivity contribution in [2.75, 3.05) is 25.5 Å². The highest BCUT2D eigenvalue weighted by molar-refractivity contribution is 5.93. The van der Waals surface area contributed by atoms with Crippen LogP contribution in [0.2, 0.25) is 0 Å². The minimum absolute atomic E-state index is 0. The highest BCUT2D eigenvalue weighted by Crippen LogP contribution is 2.26. The molecule has 168 valence electrons. The van der Waals surface area contributed by atoms with Crippen LogP contribution in [-0.4, -0.2) is 46.9 Å². The number of hydrogen-bond acceptors (Lipinski definition) is 5. The van der Waals surface area contributed by atoms with Crippen LogP contribution in [0.5, 0.6) is 0 Å². The number of carbonyl (C=O) groups is 2. The van der Waals surface area contributed by atoms with Gasteiger partial charge in [0.2, 0.25) is 5.91 Å². The Bertz CT molecular complexity index is 1170. The molecule has 0 spiro atoms. The zero-order valence-corrected chi connectivity index (χ0v) is 18.8. The number of amides is 3. The molecule has 3 amide bonds. The number of nitrogens with two attached hydrogens (primary N) is 1. The second-order valence-electron chi connectivity index (χ2n) is 7.59. The number of carbonyl (C=O) groups excluding carboxylic acids is 2. The lowest BCUT2D eigenvalue weighted by Gasteiger charge is -2.28. The Hall–Kier alpha value is -3.36. The first-order valence-electron chi connectivity index (χ1n) is 10.1. The standard InChI is InChI=1S/C23H25N5O3.ClH/c1-15-18-5-3-4-6-19(18)31-20(15)14-27(2)21(29)8-7-16-11-17-13-28(10-9-24)23(30)26-22(17)25-12-16;/h3-8,11-12H,9-10,13-14,24H2,1-2H3,(H,25,26,30);1H. The number of aromatic nitrogens is 1. The van der Waals surface area contributed by atoms with Gasteiger partial charge in [0.25, 0.3) is 0 Å². The van der Waals surface area contributed by atoms with Gasteiger partial charge in [-0.15, -0.1) is 12.4 Å². The van der Waals surface area contributed by atoms with Crippen LogP contribution in [0.4, 0.5) is 10.6 Å². The molecule has 1 aliphatic heterocycles. The SMILES string of the molecule is Cc1c(CN(C)C(=O)C=Cc2cnc3c(c2)CN(CCN)C(=O)N3)oc2ccccc12.Cl. The molecule has 8 nitrogen and oxygen atoms in total. The number of furan rings is 1. The van der Waals surface area contributed by atoms with E-state index < -0.39 is 0 Å². The van der Waals surface area contributed by atoms with Crippen molar-refractivity contribution in [3.63, 3.8) is 0 Å². The lowest BCUT2D eigenvalue weighted by molar-refractivity contribution is -0.125. The maximum atomic E-state index is 12.6. The Kier molecular flexibility index (Phi) is 7.17. The molecule has 3 N–H and O–H groups in total. The second-order valence-corrected chi connectivity index (χ2v) is 7.59. The normalized spacial score (nSPS) is 13.1. The summed E-state index contributed by atoms with van der Waals surface area (Å²) in [7, 11) is 1.74. The molecule has 3 heterocycles. The number of likely N-dealkylation sites (N-methyl/N-ethyl adjacent to an activating group) is 1. The minimum atomic E-state index is -0.202. The van der Waals surface area contributed by atoms with Crippen molar-refractivity contribution in [3.05, 3.63) is 65.1 Å². The van der Waals surface area contributed by atoms with E-state index in [2.05, 4.69) is 10.3 Å². The Balaban J connectivity index is 0.00000289. The van der Waals surface area contributed by atoms with Crippen molar-refractivity contribution < 1.29 is 14.0 Å². The molecule has 3 aromatic rings. The van der Waals surface area contributed by atoms with Crippen LogP contribution in [0.15, 0.2) is 47.0 Å². The molecule has 0 saturated carbocycles. The summed E-state index contributed by atoms with van der Waals surface area (Å²) in [6, 6.07) is 9.55. The van der Waals surface area contributed by atoms with Gasteiger partial charge in [-0.3, -0.25) is 10.1 Å². The van der Waals surface area contributed by atoms with Gasteiger partial charge in [-0.1, -0.05) is 18.2 Å². The molecule has 0 atom stereocenters. The topological polar surface area (TPSA) is 105 Å². The third-order valence-corrected chi connectivity index (χ3v) is 5.38. The first-order chi connectivity index (χ1) is 15.0. The molecule has 0 fully saturated rings. The van der Waals surface area contributed by atoms with Crippen molar-refractivity contribution in [2.45, 2.75) is 20.0 Å². The molecule has 0 saturated heterocycles. The van der Waals surface area contributed by atoms with Gasteiger partial charge in [0.1, 0.15) is 17.2 Å². The van der Waals surface area contributed by atoms with Crippen molar-refractivity contribution >= 4 is 47.2 Å². The Morgan fingerprint density at radius 1 is 1.38 bits per heavy atom. The van der Waals surface area contributed by atoms with E-state index in [0.29, 0.717) is 32.0 Å². The van der Waals surface area contributed by atoms with Crippen LogP contribution in [0, 0.1) is 6.92 Å². The Labute approximate surface area is 192 Å². The number of aryl methyl sites for hydroxylation is 1. The molecule has 2 aromatic heterocycles. The number of fused-ring (bicyclic) bond motifs is 2. The monoisotopic (exact) mass is 455 g/mol. The molecule has 0 aliphatic carbocycles. The molecule has 0 bridgehead atoms. The quantitative estimate of drug-likeness (QED) is 0.553. The summed E-state index contributed by atoms with van der Waals surface area (Å²) in [5.41, 5.74) is 9.10. The van der Waals surface area contributed by atoms with Gasteiger partial charge in [-0.05, 0) is 30.7 Å². The smallest absolute Gasteiger partial charge is 0.323 e. The molecule has 1 aliphatic rings. The molecule has 32 heavy (non-hydrogen) atoms. The molecule has 1 aromatic carbocycles. The number of anilines is 1. The van der Waals surface area contributed by atoms with Gasteiger partial charge >= 0.3 is 6.03 Å². The number of benzene rings is 1. The van der Waals surface area contributed by atoms with Crippen molar-refractivity contribution in [1.82, 2.24) is 14.8 Å². The van der Waals surface area contributed by atoms with Crippen LogP contribution in [-0.2, 0) is 17.9 Å². The summed E-state index contributed by atoms with van der Waals surface area (Å²) in [5.74, 6) is 1.17. The number of pyridine rings is 1. The summed E-state index contributed by atoms with van der Waals surface area (Å²) in [4.78, 5) is 32.2. The first-order valence-corrected chi connectivity index (χ1v) is 10.1. The second kappa shape index (κ2) is 9.84. The number of nitrogens with zero attached hydrogens (tertiary/aromatic N) is 3. The summed E-state index contributed by atoms with van der Waals surface area (Å²) < 4.78 is 5.91. The van der Waals surface area contributed by atoms with Crippen LogP contribution >= 0.6 is 12.4 Å². The third-order valence-electron chi connectivity index (χ3n) is 5.38. The first kappa shape index (κ1) is 23.3. The van der Waals surface area contributed by atoms with Gasteiger partial charge in [0.05, 0.1) is 13.1 Å². The maximum Gasteiger partial charge on any atom is 0.323 e. The van der Waals surface area contributed by atoms with Crippen molar-refractivity contribution in [1.29, 1.82) is 0 Å². The molecule has 4 rings (SSSR count). The van der Waals surface area contributed by atoms with Crippen LogP contribution in [0.3, 0.4) is 0 Å². The zero-order valence-electron chi connectivity index (χ0n) is 18.0. The van der Waals surface area contributed by atoms with E-state index >= 15 is 0 Å². The number of nitrogens with one attached hydrogen (secondary N) is 1. The fourth-order valence-corrected chi connectivity index (χ4v) is 3.61. The number of hydrogen-bond donors (Lipinski definition) is 2. The fourth-order valence-electron chi connectivity index (χ4n) is 3.61. The van der Waals surface area contributed by atoms with Gasteiger partial charge in [0, 0.05) is 48.9 Å². The van der Waals surface area contributed by atoms with E-state index in [1.807, 2.05) is 37.3 Å². The average molecular weight is 456 g/mol. The van der Waals surface area contributed by atoms with Crippen molar-refractivity contribution in [2.24, 2.45) is 5.73 Å². The van der Waals surface area contributed by atoms with Gasteiger partial charge in [-0.2, -0.15) is 0 Å². The summed E-state index contributed by atoms with van der Waals surface area (Å²) in [6.45, 7) is 3.68. The predicted octanol–water partition coefficient (Wildman–Crippen LogP) is 3.54. The lowest BCUT2D eigenvalue weighted by atomic mass is 10.1. The number of halogens is 1. The van der Waals surface area contributed by atoms with Crippen LogP contribution in [0.1, 0.15) is 22.5 Å². The molecular weight excluding hydrogens is 430 g/mol. The Morgan fingerprint density at radius 2 is 2.16 bits per heavy atom. The molecule has 9 heteroatoms.